The molecule has 84 valence electrons. The number of amides is 1. The van der Waals surface area contributed by atoms with Crippen molar-refractivity contribution in [1.29, 1.82) is 0 Å². The summed E-state index contributed by atoms with van der Waals surface area (Å²) in [6, 6.07) is 8.99. The molecule has 1 N–H and O–H groups in total. The fraction of sp³-hybridized carbons (Fsp3) is 0.500. The summed E-state index contributed by atoms with van der Waals surface area (Å²) < 4.78 is 0. The zero-order chi connectivity index (χ0) is 11.0. The lowest BCUT2D eigenvalue weighted by Gasteiger charge is -2.23. The summed E-state index contributed by atoms with van der Waals surface area (Å²) in [5.74, 6) is 0.479. The standard InChI is InChI=1S/C14H17NO/c16-14(15-13-7-8-13)12-6-5-10-3-1-2-4-11(10)9-12/h1-4,12-13H,5-9H2,(H,15,16). The first-order chi connectivity index (χ1) is 7.83. The van der Waals surface area contributed by atoms with Gasteiger partial charge in [-0.1, -0.05) is 24.3 Å². The van der Waals surface area contributed by atoms with Crippen molar-refractivity contribution in [2.45, 2.75) is 38.1 Å². The molecule has 0 saturated heterocycles. The third-order valence-electron chi connectivity index (χ3n) is 3.64. The van der Waals surface area contributed by atoms with Gasteiger partial charge in [0.1, 0.15) is 0 Å². The zero-order valence-electron chi connectivity index (χ0n) is 9.41. The minimum Gasteiger partial charge on any atom is -0.353 e. The van der Waals surface area contributed by atoms with Crippen molar-refractivity contribution >= 4 is 5.91 Å². The van der Waals surface area contributed by atoms with Crippen molar-refractivity contribution < 1.29 is 4.79 Å². The van der Waals surface area contributed by atoms with Crippen LogP contribution in [-0.4, -0.2) is 11.9 Å². The molecule has 2 aliphatic carbocycles. The van der Waals surface area contributed by atoms with E-state index in [0.717, 1.165) is 19.3 Å². The number of carbonyl (C=O) groups is 1. The molecular formula is C14H17NO. The molecule has 16 heavy (non-hydrogen) atoms. The number of benzene rings is 1. The van der Waals surface area contributed by atoms with Crippen LogP contribution in [0.2, 0.25) is 0 Å². The minimum atomic E-state index is 0.204. The Morgan fingerprint density at radius 2 is 1.88 bits per heavy atom. The van der Waals surface area contributed by atoms with Crippen LogP contribution in [0.1, 0.15) is 30.4 Å². The summed E-state index contributed by atoms with van der Waals surface area (Å²) in [4.78, 5) is 11.9. The van der Waals surface area contributed by atoms with Gasteiger partial charge in [-0.15, -0.1) is 0 Å². The number of hydrogen-bond donors (Lipinski definition) is 1. The lowest BCUT2D eigenvalue weighted by Crippen LogP contribution is -2.35. The summed E-state index contributed by atoms with van der Waals surface area (Å²) in [7, 11) is 0. The van der Waals surface area contributed by atoms with Gasteiger partial charge in [-0.05, 0) is 43.2 Å². The van der Waals surface area contributed by atoms with Crippen LogP contribution in [0, 0.1) is 5.92 Å². The quantitative estimate of drug-likeness (QED) is 0.804. The fourth-order valence-electron chi connectivity index (χ4n) is 2.47. The third kappa shape index (κ3) is 1.97. The van der Waals surface area contributed by atoms with Crippen LogP contribution in [0.25, 0.3) is 0 Å². The smallest absolute Gasteiger partial charge is 0.223 e. The molecule has 1 unspecified atom stereocenters. The molecule has 1 fully saturated rings. The molecule has 1 saturated carbocycles. The van der Waals surface area contributed by atoms with Gasteiger partial charge in [-0.25, -0.2) is 0 Å². The van der Waals surface area contributed by atoms with Crippen LogP contribution < -0.4 is 5.32 Å². The molecule has 1 aromatic carbocycles. The minimum absolute atomic E-state index is 0.204. The molecule has 2 aliphatic rings. The molecule has 0 radical (unpaired) electrons. The van der Waals surface area contributed by atoms with Gasteiger partial charge in [0.15, 0.2) is 0 Å². The SMILES string of the molecule is O=C(NC1CC1)C1CCc2ccccc2C1. The fourth-order valence-corrected chi connectivity index (χ4v) is 2.47. The Morgan fingerprint density at radius 1 is 1.12 bits per heavy atom. The van der Waals surface area contributed by atoms with Crippen LogP contribution in [0.4, 0.5) is 0 Å². The molecule has 2 nitrogen and oxygen atoms in total. The molecule has 3 rings (SSSR count). The Hall–Kier alpha value is -1.31. The molecule has 0 aliphatic heterocycles. The second-order valence-electron chi connectivity index (χ2n) is 4.99. The van der Waals surface area contributed by atoms with E-state index in [9.17, 15) is 4.79 Å². The number of aryl methyl sites for hydroxylation is 1. The van der Waals surface area contributed by atoms with Gasteiger partial charge in [0.25, 0.3) is 0 Å². The number of hydrogen-bond acceptors (Lipinski definition) is 1. The van der Waals surface area contributed by atoms with Crippen molar-refractivity contribution in [2.75, 3.05) is 0 Å². The Balaban J connectivity index is 1.69. The van der Waals surface area contributed by atoms with Crippen molar-refractivity contribution in [1.82, 2.24) is 5.32 Å². The maximum absolute atomic E-state index is 11.9. The van der Waals surface area contributed by atoms with E-state index in [1.165, 1.54) is 24.0 Å². The number of nitrogens with one attached hydrogen (secondary N) is 1. The molecule has 1 aromatic rings. The third-order valence-corrected chi connectivity index (χ3v) is 3.64. The van der Waals surface area contributed by atoms with Gasteiger partial charge in [0, 0.05) is 12.0 Å². The van der Waals surface area contributed by atoms with E-state index in [1.807, 2.05) is 0 Å². The normalized spacial score (nSPS) is 23.6. The Kier molecular flexibility index (Phi) is 2.43. The first kappa shape index (κ1) is 9.88. The molecule has 0 aromatic heterocycles. The number of rotatable bonds is 2. The highest BCUT2D eigenvalue weighted by Gasteiger charge is 2.29. The van der Waals surface area contributed by atoms with Gasteiger partial charge >= 0.3 is 0 Å². The molecule has 0 spiro atoms. The van der Waals surface area contributed by atoms with Gasteiger partial charge in [-0.2, -0.15) is 0 Å². The van der Waals surface area contributed by atoms with Crippen molar-refractivity contribution in [3.05, 3.63) is 35.4 Å². The summed E-state index contributed by atoms with van der Waals surface area (Å²) >= 11 is 0. The summed E-state index contributed by atoms with van der Waals surface area (Å²) in [5, 5.41) is 3.12. The maximum atomic E-state index is 11.9. The van der Waals surface area contributed by atoms with E-state index < -0.39 is 0 Å². The molecule has 1 atom stereocenters. The van der Waals surface area contributed by atoms with E-state index >= 15 is 0 Å². The zero-order valence-corrected chi connectivity index (χ0v) is 9.41. The molecule has 0 bridgehead atoms. The van der Waals surface area contributed by atoms with Gasteiger partial charge in [-0.3, -0.25) is 4.79 Å². The first-order valence-corrected chi connectivity index (χ1v) is 6.20. The Bertz CT molecular complexity index is 409. The average Bonchev–Trinajstić information content (AvgIpc) is 3.12. The summed E-state index contributed by atoms with van der Waals surface area (Å²) in [6.45, 7) is 0. The predicted octanol–water partition coefficient (Wildman–Crippen LogP) is 2.07. The highest BCUT2D eigenvalue weighted by atomic mass is 16.2. The number of carbonyl (C=O) groups excluding carboxylic acids is 1. The molecular weight excluding hydrogens is 198 g/mol. The van der Waals surface area contributed by atoms with Gasteiger partial charge in [0.05, 0.1) is 0 Å². The molecule has 0 heterocycles. The monoisotopic (exact) mass is 215 g/mol. The van der Waals surface area contributed by atoms with Crippen LogP contribution in [-0.2, 0) is 17.6 Å². The van der Waals surface area contributed by atoms with E-state index in [-0.39, 0.29) is 11.8 Å². The molecule has 1 amide bonds. The van der Waals surface area contributed by atoms with E-state index in [0.29, 0.717) is 6.04 Å². The second kappa shape index (κ2) is 3.93. The first-order valence-electron chi connectivity index (χ1n) is 6.20. The maximum Gasteiger partial charge on any atom is 0.223 e. The van der Waals surface area contributed by atoms with Crippen LogP contribution in [0.5, 0.6) is 0 Å². The largest absolute Gasteiger partial charge is 0.353 e. The van der Waals surface area contributed by atoms with Gasteiger partial charge < -0.3 is 5.32 Å². The Morgan fingerprint density at radius 3 is 2.62 bits per heavy atom. The number of fused-ring (bicyclic) bond motifs is 1. The summed E-state index contributed by atoms with van der Waals surface area (Å²) in [5.41, 5.74) is 2.79. The van der Waals surface area contributed by atoms with E-state index in [4.69, 9.17) is 0 Å². The van der Waals surface area contributed by atoms with E-state index in [1.54, 1.807) is 0 Å². The van der Waals surface area contributed by atoms with Crippen LogP contribution in [0.15, 0.2) is 24.3 Å². The highest BCUT2D eigenvalue weighted by molar-refractivity contribution is 5.80. The van der Waals surface area contributed by atoms with Crippen LogP contribution in [0.3, 0.4) is 0 Å². The average molecular weight is 215 g/mol. The van der Waals surface area contributed by atoms with Crippen molar-refractivity contribution in [3.63, 3.8) is 0 Å². The lowest BCUT2D eigenvalue weighted by molar-refractivity contribution is -0.125. The Labute approximate surface area is 96.1 Å². The van der Waals surface area contributed by atoms with Gasteiger partial charge in [0.2, 0.25) is 5.91 Å². The second-order valence-corrected chi connectivity index (χ2v) is 4.99. The molecule has 2 heteroatoms. The van der Waals surface area contributed by atoms with E-state index in [2.05, 4.69) is 29.6 Å². The lowest BCUT2D eigenvalue weighted by atomic mass is 9.83. The highest BCUT2D eigenvalue weighted by Crippen LogP contribution is 2.27. The topological polar surface area (TPSA) is 29.1 Å². The van der Waals surface area contributed by atoms with Crippen molar-refractivity contribution in [2.24, 2.45) is 5.92 Å². The predicted molar refractivity (Wildman–Crippen MR) is 63.1 cm³/mol. The summed E-state index contributed by atoms with van der Waals surface area (Å²) in [6.07, 6.45) is 5.34. The van der Waals surface area contributed by atoms with Crippen LogP contribution >= 0.6 is 0 Å². The van der Waals surface area contributed by atoms with Crippen molar-refractivity contribution in [3.8, 4) is 0 Å².